The Morgan fingerprint density at radius 2 is 1.62 bits per heavy atom. The largest absolute Gasteiger partial charge is 0.507 e. The average molecular weight is 549 g/mol. The molecule has 3 aromatic rings. The van der Waals surface area contributed by atoms with Crippen molar-refractivity contribution in [1.29, 1.82) is 0 Å². The molecule has 1 unspecified atom stereocenters. The molecule has 4 rings (SSSR count). The standard InChI is InChI=1S/C30H36N4O6/c1-7-32(8-2)14-15-33-26(20-16-23(38-4)29(40-6)24(17-20)39-5)25(28(36)30(33)37)27(35)22-18-31-34(19(22)3)21-12-10-9-11-13-21/h9-13,16-18,26,35H,7-8,14-15H2,1-6H3/b27-25+. The number of rotatable bonds is 11. The predicted octanol–water partition coefficient (Wildman–Crippen LogP) is 3.97. The Balaban J connectivity index is 1.90. The number of likely N-dealkylation sites (tertiary alicyclic amines) is 1. The third kappa shape index (κ3) is 5.14. The molecule has 0 saturated carbocycles. The van der Waals surface area contributed by atoms with Crippen molar-refractivity contribution in [1.82, 2.24) is 19.6 Å². The van der Waals surface area contributed by atoms with Gasteiger partial charge in [-0.25, -0.2) is 4.68 Å². The van der Waals surface area contributed by atoms with Gasteiger partial charge in [-0.2, -0.15) is 5.10 Å². The van der Waals surface area contributed by atoms with Crippen LogP contribution in [0.5, 0.6) is 17.2 Å². The van der Waals surface area contributed by atoms with Crippen molar-refractivity contribution in [2.24, 2.45) is 0 Å². The molecule has 0 aliphatic carbocycles. The highest BCUT2D eigenvalue weighted by Gasteiger charge is 2.47. The van der Waals surface area contributed by atoms with E-state index in [4.69, 9.17) is 14.2 Å². The number of hydrogen-bond donors (Lipinski definition) is 1. The van der Waals surface area contributed by atoms with Crippen LogP contribution < -0.4 is 14.2 Å². The average Bonchev–Trinajstić information content (AvgIpc) is 3.49. The van der Waals surface area contributed by atoms with Crippen molar-refractivity contribution in [2.75, 3.05) is 47.5 Å². The first-order chi connectivity index (χ1) is 19.3. The summed E-state index contributed by atoms with van der Waals surface area (Å²) in [5.74, 6) is -0.599. The van der Waals surface area contributed by atoms with Crippen LogP contribution in [0.25, 0.3) is 11.4 Å². The maximum Gasteiger partial charge on any atom is 0.295 e. The van der Waals surface area contributed by atoms with E-state index in [9.17, 15) is 14.7 Å². The Labute approximate surface area is 234 Å². The van der Waals surface area contributed by atoms with Gasteiger partial charge in [-0.15, -0.1) is 0 Å². The monoisotopic (exact) mass is 548 g/mol. The van der Waals surface area contributed by atoms with Crippen LogP contribution in [0.4, 0.5) is 0 Å². The molecule has 0 bridgehead atoms. The maximum atomic E-state index is 13.6. The Morgan fingerprint density at radius 3 is 2.17 bits per heavy atom. The number of likely N-dealkylation sites (N-methyl/N-ethyl adjacent to an activating group) is 1. The summed E-state index contributed by atoms with van der Waals surface area (Å²) in [6.07, 6.45) is 1.51. The molecule has 1 atom stereocenters. The number of ketones is 1. The number of benzene rings is 2. The third-order valence-corrected chi connectivity index (χ3v) is 7.36. The molecule has 1 N–H and O–H groups in total. The number of aliphatic hydroxyl groups excluding tert-OH is 1. The number of ether oxygens (including phenoxy) is 3. The molecule has 1 aliphatic rings. The summed E-state index contributed by atoms with van der Waals surface area (Å²) in [5, 5.41) is 16.1. The van der Waals surface area contributed by atoms with Gasteiger partial charge in [0.1, 0.15) is 5.76 Å². The van der Waals surface area contributed by atoms with E-state index in [0.717, 1.165) is 18.8 Å². The molecule has 10 nitrogen and oxygen atoms in total. The number of carbonyl (C=O) groups is 2. The molecule has 0 spiro atoms. The zero-order valence-electron chi connectivity index (χ0n) is 23.8. The van der Waals surface area contributed by atoms with Crippen LogP contribution in [-0.4, -0.2) is 83.9 Å². The van der Waals surface area contributed by atoms with E-state index < -0.39 is 17.7 Å². The molecular formula is C30H36N4O6. The van der Waals surface area contributed by atoms with Gasteiger partial charge in [0, 0.05) is 13.1 Å². The highest BCUT2D eigenvalue weighted by Crippen LogP contribution is 2.45. The Bertz CT molecular complexity index is 1390. The molecule has 2 heterocycles. The van der Waals surface area contributed by atoms with Crippen molar-refractivity contribution >= 4 is 17.4 Å². The zero-order valence-corrected chi connectivity index (χ0v) is 23.8. The fourth-order valence-corrected chi connectivity index (χ4v) is 5.12. The normalized spacial score (nSPS) is 16.6. The quantitative estimate of drug-likeness (QED) is 0.218. The highest BCUT2D eigenvalue weighted by molar-refractivity contribution is 6.46. The van der Waals surface area contributed by atoms with Crippen molar-refractivity contribution in [3.8, 4) is 22.9 Å². The second-order valence-corrected chi connectivity index (χ2v) is 9.37. The third-order valence-electron chi connectivity index (χ3n) is 7.36. The Morgan fingerprint density at radius 1 is 1.00 bits per heavy atom. The van der Waals surface area contributed by atoms with Crippen LogP contribution in [0.2, 0.25) is 0 Å². The number of para-hydroxylation sites is 1. The molecule has 0 radical (unpaired) electrons. The van der Waals surface area contributed by atoms with Gasteiger partial charge in [-0.3, -0.25) is 9.59 Å². The van der Waals surface area contributed by atoms with Crippen molar-refractivity contribution in [3.63, 3.8) is 0 Å². The number of aliphatic hydroxyl groups is 1. The van der Waals surface area contributed by atoms with E-state index in [1.54, 1.807) is 23.7 Å². The summed E-state index contributed by atoms with van der Waals surface area (Å²) in [4.78, 5) is 30.7. The van der Waals surface area contributed by atoms with E-state index >= 15 is 0 Å². The fraction of sp³-hybridized carbons (Fsp3) is 0.367. The van der Waals surface area contributed by atoms with Crippen LogP contribution in [0, 0.1) is 6.92 Å². The van der Waals surface area contributed by atoms with Crippen molar-refractivity contribution < 1.29 is 28.9 Å². The van der Waals surface area contributed by atoms with Gasteiger partial charge in [-0.1, -0.05) is 32.0 Å². The summed E-state index contributed by atoms with van der Waals surface area (Å²) in [6, 6.07) is 12.0. The summed E-state index contributed by atoms with van der Waals surface area (Å²) in [6.45, 7) is 8.34. The van der Waals surface area contributed by atoms with Crippen LogP contribution in [0.3, 0.4) is 0 Å². The van der Waals surface area contributed by atoms with Crippen LogP contribution in [0.15, 0.2) is 54.2 Å². The number of carbonyl (C=O) groups excluding carboxylic acids is 2. The minimum Gasteiger partial charge on any atom is -0.507 e. The lowest BCUT2D eigenvalue weighted by atomic mass is 9.94. The minimum absolute atomic E-state index is 0.0190. The first-order valence-electron chi connectivity index (χ1n) is 13.2. The van der Waals surface area contributed by atoms with Gasteiger partial charge in [0.15, 0.2) is 11.5 Å². The van der Waals surface area contributed by atoms with Crippen LogP contribution >= 0.6 is 0 Å². The van der Waals surface area contributed by atoms with Gasteiger partial charge in [-0.05, 0) is 49.8 Å². The summed E-state index contributed by atoms with van der Waals surface area (Å²) in [5.41, 5.74) is 2.32. The molecule has 1 aromatic heterocycles. The second kappa shape index (κ2) is 12.3. The number of aromatic nitrogens is 2. The van der Waals surface area contributed by atoms with Crippen molar-refractivity contribution in [2.45, 2.75) is 26.8 Å². The SMILES string of the molecule is CCN(CC)CCN1C(=O)C(=O)/C(=C(/O)c2cnn(-c3ccccc3)c2C)C1c1cc(OC)c(OC)c(OC)c1. The Kier molecular flexibility index (Phi) is 8.79. The minimum atomic E-state index is -0.885. The van der Waals surface area contributed by atoms with E-state index in [2.05, 4.69) is 10.00 Å². The predicted molar refractivity (Wildman–Crippen MR) is 151 cm³/mol. The lowest BCUT2D eigenvalue weighted by Crippen LogP contribution is -2.38. The van der Waals surface area contributed by atoms with Gasteiger partial charge in [0.25, 0.3) is 11.7 Å². The second-order valence-electron chi connectivity index (χ2n) is 9.37. The van der Waals surface area contributed by atoms with Crippen LogP contribution in [0.1, 0.15) is 36.7 Å². The van der Waals surface area contributed by atoms with E-state index in [1.807, 2.05) is 44.2 Å². The molecule has 212 valence electrons. The van der Waals surface area contributed by atoms with Crippen molar-refractivity contribution in [3.05, 3.63) is 71.1 Å². The molecule has 10 heteroatoms. The first-order valence-corrected chi connectivity index (χ1v) is 13.2. The molecule has 1 amide bonds. The lowest BCUT2D eigenvalue weighted by Gasteiger charge is -2.28. The molecule has 1 fully saturated rings. The smallest absolute Gasteiger partial charge is 0.295 e. The number of methoxy groups -OCH3 is 3. The lowest BCUT2D eigenvalue weighted by molar-refractivity contribution is -0.140. The van der Waals surface area contributed by atoms with Gasteiger partial charge >= 0.3 is 0 Å². The van der Waals surface area contributed by atoms with Gasteiger partial charge in [0.2, 0.25) is 5.75 Å². The van der Waals surface area contributed by atoms with Gasteiger partial charge < -0.3 is 29.1 Å². The number of nitrogens with zero attached hydrogens (tertiary/aromatic N) is 4. The first kappa shape index (κ1) is 28.7. The molecule has 2 aromatic carbocycles. The molecule has 1 aliphatic heterocycles. The summed E-state index contributed by atoms with van der Waals surface area (Å²) >= 11 is 0. The van der Waals surface area contributed by atoms with Gasteiger partial charge in [0.05, 0.1) is 56.1 Å². The summed E-state index contributed by atoms with van der Waals surface area (Å²) < 4.78 is 18.3. The topological polar surface area (TPSA) is 106 Å². The highest BCUT2D eigenvalue weighted by atomic mass is 16.5. The Hall–Kier alpha value is -4.31. The fourth-order valence-electron chi connectivity index (χ4n) is 5.12. The number of hydrogen-bond acceptors (Lipinski definition) is 8. The van der Waals surface area contributed by atoms with E-state index in [0.29, 0.717) is 40.6 Å². The molecule has 1 saturated heterocycles. The maximum absolute atomic E-state index is 13.6. The molecular weight excluding hydrogens is 512 g/mol. The van der Waals surface area contributed by atoms with Crippen LogP contribution in [-0.2, 0) is 9.59 Å². The van der Waals surface area contributed by atoms with E-state index in [1.165, 1.54) is 32.4 Å². The number of amides is 1. The zero-order chi connectivity index (χ0) is 29.0. The molecule has 40 heavy (non-hydrogen) atoms. The summed E-state index contributed by atoms with van der Waals surface area (Å²) in [7, 11) is 4.50. The number of Topliss-reactive ketones (excluding diaryl/α,β-unsaturated/α-hetero) is 1. The van der Waals surface area contributed by atoms with E-state index in [-0.39, 0.29) is 17.9 Å².